The Morgan fingerprint density at radius 2 is 1.90 bits per heavy atom. The van der Waals surface area contributed by atoms with E-state index in [2.05, 4.69) is 20.5 Å². The number of ether oxygens (including phenoxy) is 1. The Bertz CT molecular complexity index is 2360. The molecule has 1 saturated heterocycles. The Balaban J connectivity index is 1.20. The molecule has 3 atom stereocenters. The van der Waals surface area contributed by atoms with Gasteiger partial charge in [0.05, 0.1) is 46.4 Å². The Labute approximate surface area is 294 Å². The lowest BCUT2D eigenvalue weighted by atomic mass is 9.93. The molecule has 2 aromatic carbocycles. The lowest BCUT2D eigenvalue weighted by molar-refractivity contribution is 0.0776. The average Bonchev–Trinajstić information content (AvgIpc) is 3.96. The fourth-order valence-corrected chi connectivity index (χ4v) is 9.04. The molecule has 1 N–H and O–H groups in total. The molecule has 1 aliphatic carbocycles. The summed E-state index contributed by atoms with van der Waals surface area (Å²) in [4.78, 5) is 26.7. The highest BCUT2D eigenvalue weighted by Crippen LogP contribution is 2.51. The van der Waals surface area contributed by atoms with Crippen LogP contribution >= 0.6 is 11.3 Å². The van der Waals surface area contributed by atoms with Gasteiger partial charge in [-0.3, -0.25) is 9.78 Å². The molecule has 2 aliphatic heterocycles. The number of anilines is 1. The van der Waals surface area contributed by atoms with Crippen LogP contribution in [0.15, 0.2) is 59.1 Å². The van der Waals surface area contributed by atoms with E-state index in [9.17, 15) is 13.6 Å². The number of fused-ring (bicyclic) bond motifs is 5. The average molecular weight is 709 g/mol. The molecule has 9 nitrogen and oxygen atoms in total. The molecule has 0 bridgehead atoms. The normalized spacial score (nSPS) is 19.1. The van der Waals surface area contributed by atoms with E-state index in [0.29, 0.717) is 64.6 Å². The lowest BCUT2D eigenvalue weighted by Gasteiger charge is -2.18. The smallest absolute Gasteiger partial charge is 0.257 e. The van der Waals surface area contributed by atoms with Crippen LogP contribution in [0.5, 0.6) is 5.75 Å². The van der Waals surface area contributed by atoms with Crippen molar-refractivity contribution in [1.29, 1.82) is 0 Å². The Kier molecular flexibility index (Phi) is 7.57. The number of methoxy groups -OCH3 is 1. The van der Waals surface area contributed by atoms with Crippen molar-refractivity contribution in [2.45, 2.75) is 57.3 Å². The van der Waals surface area contributed by atoms with Gasteiger partial charge in [-0.25, -0.2) is 18.2 Å². The summed E-state index contributed by atoms with van der Waals surface area (Å²) in [6, 6.07) is 12.3. The number of carbonyl (C=O) groups excluding carboxylic acids is 1. The molecule has 1 fully saturated rings. The minimum atomic E-state index is -1.34. The van der Waals surface area contributed by atoms with Crippen molar-refractivity contribution in [3.05, 3.63) is 106 Å². The number of pyridine rings is 2. The molecule has 6 heterocycles. The van der Waals surface area contributed by atoms with Crippen molar-refractivity contribution in [3.8, 4) is 27.6 Å². The van der Waals surface area contributed by atoms with Crippen molar-refractivity contribution in [1.82, 2.24) is 25.1 Å². The first-order valence-corrected chi connectivity index (χ1v) is 17.7. The summed E-state index contributed by atoms with van der Waals surface area (Å²) in [7, 11) is 1.38. The number of carbonyl (C=O) groups is 1. The topological polar surface area (TPSA) is 106 Å². The molecule has 1 amide bonds. The number of aromatic nitrogens is 4. The van der Waals surface area contributed by atoms with Gasteiger partial charge in [0, 0.05) is 42.1 Å². The predicted molar refractivity (Wildman–Crippen MR) is 186 cm³/mol. The van der Waals surface area contributed by atoms with Crippen LogP contribution in [0.25, 0.3) is 32.0 Å². The fourth-order valence-electron chi connectivity index (χ4n) is 7.87. The quantitative estimate of drug-likeness (QED) is 0.169. The third-order valence-corrected chi connectivity index (χ3v) is 11.3. The first-order valence-electron chi connectivity index (χ1n) is 16.9. The maximum absolute atomic E-state index is 15.6. The highest BCUT2D eigenvalue weighted by molar-refractivity contribution is 7.23. The lowest BCUT2D eigenvalue weighted by Crippen LogP contribution is -2.22. The van der Waals surface area contributed by atoms with Gasteiger partial charge in [0.1, 0.15) is 17.8 Å². The van der Waals surface area contributed by atoms with Crippen LogP contribution in [0, 0.1) is 18.6 Å². The molecule has 258 valence electrons. The van der Waals surface area contributed by atoms with Crippen LogP contribution in [0.3, 0.4) is 0 Å². The highest BCUT2D eigenvalue weighted by Gasteiger charge is 2.45. The Hall–Kier alpha value is -5.30. The molecule has 1 unspecified atom stereocenters. The zero-order valence-electron chi connectivity index (χ0n) is 27.7. The van der Waals surface area contributed by atoms with Crippen molar-refractivity contribution >= 4 is 33.1 Å². The van der Waals surface area contributed by atoms with Gasteiger partial charge in [0.15, 0.2) is 11.6 Å². The molecular formula is C38H31F3N6O3S. The number of amides is 1. The largest absolute Gasteiger partial charge is 0.493 e. The van der Waals surface area contributed by atoms with E-state index in [4.69, 9.17) is 14.1 Å². The van der Waals surface area contributed by atoms with Crippen LogP contribution in [-0.4, -0.2) is 50.8 Å². The van der Waals surface area contributed by atoms with Crippen LogP contribution in [-0.2, 0) is 19.3 Å². The Morgan fingerprint density at radius 1 is 1.06 bits per heavy atom. The minimum absolute atomic E-state index is 0.0101. The summed E-state index contributed by atoms with van der Waals surface area (Å²) < 4.78 is 56.0. The molecule has 51 heavy (non-hydrogen) atoms. The number of nitrogens with one attached hydrogen (secondary N) is 1. The van der Waals surface area contributed by atoms with E-state index >= 15 is 4.39 Å². The zero-order valence-corrected chi connectivity index (χ0v) is 28.5. The van der Waals surface area contributed by atoms with Crippen LogP contribution in [0.4, 0.5) is 19.0 Å². The van der Waals surface area contributed by atoms with E-state index in [1.54, 1.807) is 31.3 Å². The van der Waals surface area contributed by atoms with Gasteiger partial charge in [0.25, 0.3) is 5.91 Å². The number of aryl methyl sites for hydroxylation is 3. The zero-order chi connectivity index (χ0) is 35.0. The van der Waals surface area contributed by atoms with Gasteiger partial charge >= 0.3 is 0 Å². The van der Waals surface area contributed by atoms with E-state index < -0.39 is 18.0 Å². The molecule has 9 rings (SSSR count). The molecule has 3 aliphatic rings. The molecule has 6 aromatic rings. The number of benzene rings is 2. The van der Waals surface area contributed by atoms with Crippen molar-refractivity contribution in [2.75, 3.05) is 19.0 Å². The third-order valence-electron chi connectivity index (χ3n) is 10.2. The summed E-state index contributed by atoms with van der Waals surface area (Å²) in [6.45, 7) is 2.36. The van der Waals surface area contributed by atoms with Gasteiger partial charge < -0.3 is 19.4 Å². The summed E-state index contributed by atoms with van der Waals surface area (Å²) in [6.07, 6.45) is 3.09. The number of hydrogen-bond acceptors (Lipinski definition) is 9. The maximum Gasteiger partial charge on any atom is 0.257 e. The van der Waals surface area contributed by atoms with Gasteiger partial charge in [-0.05, 0) is 72.5 Å². The van der Waals surface area contributed by atoms with Crippen molar-refractivity contribution < 1.29 is 27.1 Å². The number of halogens is 3. The van der Waals surface area contributed by atoms with Crippen LogP contribution in [0.1, 0.15) is 69.3 Å². The van der Waals surface area contributed by atoms with Gasteiger partial charge in [-0.1, -0.05) is 18.2 Å². The fraction of sp³-hybridized carbons (Fsp3) is 0.289. The first-order chi connectivity index (χ1) is 24.8. The van der Waals surface area contributed by atoms with Crippen LogP contribution < -0.4 is 10.1 Å². The number of nitrogens with zero attached hydrogens (tertiary/aromatic N) is 5. The van der Waals surface area contributed by atoms with Crippen molar-refractivity contribution in [3.63, 3.8) is 0 Å². The standard InChI is InChI=1S/C38H31F3N6O3S/c1-18-45-46-37(50-18)29-26(12-7-19-5-8-21(39)9-6-19)43-33-27-4-3-15-47(27)38(48)31(33)30(29)28-16-20-13-14-42-36(35(20)51-28)44-32-22-10-11-24(40)34(49-2)23(22)17-25(32)41/h5-6,8-11,13-14,16,25,27,32H,3-4,7,12,15,17H2,1-2H3,(H,42,44)/t25-,27+,32?/m1/s1. The Morgan fingerprint density at radius 3 is 2.69 bits per heavy atom. The van der Waals surface area contributed by atoms with E-state index in [-0.39, 0.29) is 35.8 Å². The number of hydrogen-bond donors (Lipinski definition) is 1. The molecule has 0 spiro atoms. The number of rotatable bonds is 8. The second-order valence-corrected chi connectivity index (χ2v) is 14.2. The second-order valence-electron chi connectivity index (χ2n) is 13.2. The molecule has 13 heteroatoms. The molecular weight excluding hydrogens is 678 g/mol. The highest BCUT2D eigenvalue weighted by atomic mass is 32.1. The molecule has 0 saturated carbocycles. The van der Waals surface area contributed by atoms with Gasteiger partial charge in [-0.15, -0.1) is 21.5 Å². The third kappa shape index (κ3) is 5.16. The monoisotopic (exact) mass is 708 g/mol. The SMILES string of the molecule is COc1c(F)ccc2c1C[C@@H](F)C2Nc1nccc2cc(-c3c4c(nc(CCc5ccc(F)cc5)c3-c3nnc(C)o3)[C@@H]3CCCN3C4=O)sc12. The maximum atomic E-state index is 15.6. The van der Waals surface area contributed by atoms with E-state index in [1.165, 1.54) is 36.6 Å². The van der Waals surface area contributed by atoms with E-state index in [0.717, 1.165) is 39.1 Å². The van der Waals surface area contributed by atoms with Crippen molar-refractivity contribution in [2.24, 2.45) is 0 Å². The summed E-state index contributed by atoms with van der Waals surface area (Å²) >= 11 is 1.43. The van der Waals surface area contributed by atoms with E-state index in [1.807, 2.05) is 17.0 Å². The number of thiophene rings is 1. The summed E-state index contributed by atoms with van der Waals surface area (Å²) in [5.74, 6) is 0.224. The number of alkyl halides is 1. The predicted octanol–water partition coefficient (Wildman–Crippen LogP) is 8.13. The van der Waals surface area contributed by atoms with Gasteiger partial charge in [-0.2, -0.15) is 0 Å². The second kappa shape index (κ2) is 12.2. The molecule has 4 aromatic heterocycles. The summed E-state index contributed by atoms with van der Waals surface area (Å²) in [5.41, 5.74) is 5.27. The molecule has 0 radical (unpaired) electrons. The van der Waals surface area contributed by atoms with Gasteiger partial charge in [0.2, 0.25) is 11.8 Å². The summed E-state index contributed by atoms with van der Waals surface area (Å²) in [5, 5.41) is 12.7. The minimum Gasteiger partial charge on any atom is -0.493 e. The first kappa shape index (κ1) is 31.7. The van der Waals surface area contributed by atoms with Crippen LogP contribution in [0.2, 0.25) is 0 Å².